The second-order valence-electron chi connectivity index (χ2n) is 6.23. The van der Waals surface area contributed by atoms with E-state index in [1.54, 1.807) is 12.1 Å². The second-order valence-corrected chi connectivity index (χ2v) is 8.17. The number of morpholine rings is 1. The Labute approximate surface area is 169 Å². The van der Waals surface area contributed by atoms with Crippen molar-refractivity contribution in [3.8, 4) is 17.6 Å². The van der Waals surface area contributed by atoms with Crippen molar-refractivity contribution in [1.29, 1.82) is 5.26 Å². The van der Waals surface area contributed by atoms with Gasteiger partial charge in [-0.05, 0) is 36.4 Å². The molecule has 1 fully saturated rings. The molecule has 1 aliphatic heterocycles. The summed E-state index contributed by atoms with van der Waals surface area (Å²) in [7, 11) is -2.16. The van der Waals surface area contributed by atoms with Crippen molar-refractivity contribution >= 4 is 15.8 Å². The first-order chi connectivity index (χ1) is 14.0. The van der Waals surface area contributed by atoms with Gasteiger partial charge in [0, 0.05) is 24.7 Å². The fraction of sp³-hybridized carbons (Fsp3) is 0.300. The molecule has 9 heteroatoms. The van der Waals surface area contributed by atoms with Crippen LogP contribution in [-0.4, -0.2) is 58.5 Å². The summed E-state index contributed by atoms with van der Waals surface area (Å²) in [5.41, 5.74) is 0.746. The van der Waals surface area contributed by atoms with Crippen LogP contribution in [0, 0.1) is 11.3 Å². The van der Waals surface area contributed by atoms with Crippen LogP contribution in [0.3, 0.4) is 0 Å². The Morgan fingerprint density at radius 1 is 1.14 bits per heavy atom. The summed E-state index contributed by atoms with van der Waals surface area (Å²) in [6.45, 7) is 1.10. The lowest BCUT2D eigenvalue weighted by Crippen LogP contribution is -2.40. The third-order valence-electron chi connectivity index (χ3n) is 4.44. The molecule has 152 valence electrons. The third kappa shape index (κ3) is 4.74. The van der Waals surface area contributed by atoms with Gasteiger partial charge in [-0.2, -0.15) is 9.57 Å². The van der Waals surface area contributed by atoms with Crippen LogP contribution in [0.2, 0.25) is 0 Å². The van der Waals surface area contributed by atoms with Gasteiger partial charge in [0.05, 0.1) is 36.9 Å². The first kappa shape index (κ1) is 20.8. The minimum absolute atomic E-state index is 0.130. The van der Waals surface area contributed by atoms with Gasteiger partial charge in [0.1, 0.15) is 0 Å². The summed E-state index contributed by atoms with van der Waals surface area (Å²) in [6, 6.07) is 12.4. The van der Waals surface area contributed by atoms with Gasteiger partial charge in [-0.1, -0.05) is 0 Å². The minimum Gasteiger partial charge on any atom is -0.493 e. The predicted molar refractivity (Wildman–Crippen MR) is 104 cm³/mol. The van der Waals surface area contributed by atoms with E-state index in [0.717, 1.165) is 0 Å². The molecule has 0 N–H and O–H groups in total. The van der Waals surface area contributed by atoms with E-state index in [2.05, 4.69) is 0 Å². The quantitative estimate of drug-likeness (QED) is 0.634. The van der Waals surface area contributed by atoms with E-state index in [9.17, 15) is 13.2 Å². The van der Waals surface area contributed by atoms with Gasteiger partial charge in [0.15, 0.2) is 23.9 Å². The minimum atomic E-state index is -3.61. The fourth-order valence-electron chi connectivity index (χ4n) is 2.83. The Balaban J connectivity index is 1.67. The molecule has 1 saturated heterocycles. The van der Waals surface area contributed by atoms with Crippen LogP contribution in [0.5, 0.6) is 11.5 Å². The summed E-state index contributed by atoms with van der Waals surface area (Å²) in [5, 5.41) is 8.93. The van der Waals surface area contributed by atoms with Gasteiger partial charge in [-0.3, -0.25) is 4.79 Å². The number of hydrogen-bond donors (Lipinski definition) is 0. The zero-order valence-corrected chi connectivity index (χ0v) is 16.6. The Kier molecular flexibility index (Phi) is 6.49. The SMILES string of the molecule is COc1cc(C#N)ccc1OCC(=O)c1ccc(S(=O)(=O)N2CCOCC2)cc1. The van der Waals surface area contributed by atoms with Crippen molar-refractivity contribution in [2.24, 2.45) is 0 Å². The number of nitrogens with zero attached hydrogens (tertiary/aromatic N) is 2. The molecular formula is C20H20N2O6S. The maximum Gasteiger partial charge on any atom is 0.243 e. The van der Waals surface area contributed by atoms with Crippen LogP contribution in [0.15, 0.2) is 47.4 Å². The molecule has 8 nitrogen and oxygen atoms in total. The van der Waals surface area contributed by atoms with Crippen molar-refractivity contribution in [3.63, 3.8) is 0 Å². The third-order valence-corrected chi connectivity index (χ3v) is 6.35. The Morgan fingerprint density at radius 2 is 1.83 bits per heavy atom. The smallest absolute Gasteiger partial charge is 0.243 e. The molecule has 29 heavy (non-hydrogen) atoms. The monoisotopic (exact) mass is 416 g/mol. The Hall–Kier alpha value is -2.93. The highest BCUT2D eigenvalue weighted by Crippen LogP contribution is 2.28. The number of benzene rings is 2. The van der Waals surface area contributed by atoms with Crippen LogP contribution in [-0.2, 0) is 14.8 Å². The predicted octanol–water partition coefficient (Wildman–Crippen LogP) is 1.85. The highest BCUT2D eigenvalue weighted by Gasteiger charge is 2.26. The molecule has 0 spiro atoms. The number of ketones is 1. The maximum atomic E-state index is 12.6. The largest absolute Gasteiger partial charge is 0.493 e. The summed E-state index contributed by atoms with van der Waals surface area (Å²) in [4.78, 5) is 12.5. The van der Waals surface area contributed by atoms with Gasteiger partial charge < -0.3 is 14.2 Å². The number of methoxy groups -OCH3 is 1. The summed E-state index contributed by atoms with van der Waals surface area (Å²) in [6.07, 6.45) is 0. The lowest BCUT2D eigenvalue weighted by molar-refractivity contribution is 0.0730. The van der Waals surface area contributed by atoms with Crippen molar-refractivity contribution in [2.45, 2.75) is 4.90 Å². The molecule has 0 radical (unpaired) electrons. The molecule has 0 bridgehead atoms. The number of ether oxygens (including phenoxy) is 3. The van der Waals surface area contributed by atoms with Gasteiger partial charge in [0.2, 0.25) is 10.0 Å². The van der Waals surface area contributed by atoms with Crippen LogP contribution in [0.4, 0.5) is 0 Å². The van der Waals surface area contributed by atoms with E-state index in [0.29, 0.717) is 48.9 Å². The molecule has 3 rings (SSSR count). The van der Waals surface area contributed by atoms with E-state index >= 15 is 0 Å². The normalized spacial score (nSPS) is 14.8. The highest BCUT2D eigenvalue weighted by atomic mass is 32.2. The van der Waals surface area contributed by atoms with Gasteiger partial charge in [-0.15, -0.1) is 0 Å². The number of nitriles is 1. The van der Waals surface area contributed by atoms with Crippen molar-refractivity contribution in [2.75, 3.05) is 40.0 Å². The van der Waals surface area contributed by atoms with E-state index in [4.69, 9.17) is 19.5 Å². The van der Waals surface area contributed by atoms with Crippen LogP contribution < -0.4 is 9.47 Å². The maximum absolute atomic E-state index is 12.6. The zero-order valence-electron chi connectivity index (χ0n) is 15.8. The first-order valence-corrected chi connectivity index (χ1v) is 10.3. The standard InChI is InChI=1S/C20H20N2O6S/c1-26-20-12-15(13-21)2-7-19(20)28-14-18(23)16-3-5-17(6-4-16)29(24,25)22-8-10-27-11-9-22/h2-7,12H,8-11,14H2,1H3. The average Bonchev–Trinajstić information content (AvgIpc) is 2.78. The topological polar surface area (TPSA) is 106 Å². The summed E-state index contributed by atoms with van der Waals surface area (Å²) < 4.78 is 42.5. The summed E-state index contributed by atoms with van der Waals surface area (Å²) in [5.74, 6) is 0.377. The van der Waals surface area contributed by atoms with Crippen molar-refractivity contribution in [3.05, 3.63) is 53.6 Å². The van der Waals surface area contributed by atoms with E-state index in [-0.39, 0.29) is 17.3 Å². The van der Waals surface area contributed by atoms with E-state index in [1.165, 1.54) is 41.7 Å². The number of carbonyl (C=O) groups is 1. The van der Waals surface area contributed by atoms with Gasteiger partial charge in [0.25, 0.3) is 0 Å². The molecule has 0 unspecified atom stereocenters. The molecule has 0 aliphatic carbocycles. The van der Waals surface area contributed by atoms with Crippen LogP contribution in [0.1, 0.15) is 15.9 Å². The van der Waals surface area contributed by atoms with Gasteiger partial charge >= 0.3 is 0 Å². The molecule has 0 aromatic heterocycles. The fourth-order valence-corrected chi connectivity index (χ4v) is 4.24. The van der Waals surface area contributed by atoms with Crippen LogP contribution in [0.25, 0.3) is 0 Å². The molecule has 0 atom stereocenters. The van der Waals surface area contributed by atoms with Crippen molar-refractivity contribution < 1.29 is 27.4 Å². The molecular weight excluding hydrogens is 396 g/mol. The highest BCUT2D eigenvalue weighted by molar-refractivity contribution is 7.89. The number of sulfonamides is 1. The molecule has 1 aliphatic rings. The van der Waals surface area contributed by atoms with Crippen LogP contribution >= 0.6 is 0 Å². The van der Waals surface area contributed by atoms with E-state index in [1.807, 2.05) is 6.07 Å². The lowest BCUT2D eigenvalue weighted by Gasteiger charge is -2.26. The Bertz CT molecular complexity index is 1020. The number of Topliss-reactive ketones (excluding diaryl/α,β-unsaturated/α-hetero) is 1. The van der Waals surface area contributed by atoms with Crippen molar-refractivity contribution in [1.82, 2.24) is 4.31 Å². The number of carbonyl (C=O) groups excluding carboxylic acids is 1. The number of rotatable bonds is 7. The Morgan fingerprint density at radius 3 is 2.45 bits per heavy atom. The average molecular weight is 416 g/mol. The second kappa shape index (κ2) is 9.05. The molecule has 1 heterocycles. The molecule has 2 aromatic rings. The van der Waals surface area contributed by atoms with E-state index < -0.39 is 10.0 Å². The van der Waals surface area contributed by atoms with Gasteiger partial charge in [-0.25, -0.2) is 8.42 Å². The lowest BCUT2D eigenvalue weighted by atomic mass is 10.1. The summed E-state index contributed by atoms with van der Waals surface area (Å²) >= 11 is 0. The zero-order chi connectivity index (χ0) is 20.9. The molecule has 0 amide bonds. The molecule has 2 aromatic carbocycles. The first-order valence-electron chi connectivity index (χ1n) is 8.88. The molecule has 0 saturated carbocycles. The number of hydrogen-bond acceptors (Lipinski definition) is 7.